The molecule has 1 saturated heterocycles. The highest BCUT2D eigenvalue weighted by molar-refractivity contribution is 9.10. The van der Waals surface area contributed by atoms with Gasteiger partial charge in [-0.25, -0.2) is 0 Å². The normalized spacial score (nSPS) is 21.9. The van der Waals surface area contributed by atoms with Crippen molar-refractivity contribution in [2.75, 3.05) is 26.7 Å². The van der Waals surface area contributed by atoms with E-state index in [1.54, 1.807) is 4.90 Å². The first-order chi connectivity index (χ1) is 10.1. The topological polar surface area (TPSA) is 41.6 Å². The summed E-state index contributed by atoms with van der Waals surface area (Å²) in [5.74, 6) is 1.61. The van der Waals surface area contributed by atoms with E-state index in [9.17, 15) is 4.79 Å². The van der Waals surface area contributed by atoms with Crippen LogP contribution in [-0.2, 0) is 4.79 Å². The first-order valence-corrected chi connectivity index (χ1v) is 8.22. The quantitative estimate of drug-likeness (QED) is 0.883. The SMILES string of the molecule is CC1CCNC(C(=O)N(C)CCOc2ccc(Br)cc2)C1. The Kier molecular flexibility index (Phi) is 6.06. The summed E-state index contributed by atoms with van der Waals surface area (Å²) in [5.41, 5.74) is 0. The van der Waals surface area contributed by atoms with Crippen molar-refractivity contribution in [3.05, 3.63) is 28.7 Å². The van der Waals surface area contributed by atoms with Crippen molar-refractivity contribution in [2.45, 2.75) is 25.8 Å². The molecule has 0 bridgehead atoms. The number of benzene rings is 1. The number of piperidine rings is 1. The Morgan fingerprint density at radius 2 is 2.14 bits per heavy atom. The molecule has 116 valence electrons. The number of hydrogen-bond donors (Lipinski definition) is 1. The van der Waals surface area contributed by atoms with Gasteiger partial charge in [0.15, 0.2) is 0 Å². The molecule has 1 aromatic rings. The first kappa shape index (κ1) is 16.3. The van der Waals surface area contributed by atoms with Crippen LogP contribution in [0.4, 0.5) is 0 Å². The third-order valence-electron chi connectivity index (χ3n) is 3.85. The fourth-order valence-electron chi connectivity index (χ4n) is 2.50. The van der Waals surface area contributed by atoms with Gasteiger partial charge in [0.2, 0.25) is 5.91 Å². The van der Waals surface area contributed by atoms with Gasteiger partial charge in [0.1, 0.15) is 12.4 Å². The third-order valence-corrected chi connectivity index (χ3v) is 4.38. The largest absolute Gasteiger partial charge is 0.492 e. The molecule has 1 aromatic carbocycles. The van der Waals surface area contributed by atoms with Gasteiger partial charge in [-0.15, -0.1) is 0 Å². The maximum atomic E-state index is 12.3. The molecule has 0 aromatic heterocycles. The zero-order valence-corrected chi connectivity index (χ0v) is 14.2. The molecule has 1 N–H and O–H groups in total. The highest BCUT2D eigenvalue weighted by Crippen LogP contribution is 2.17. The van der Waals surface area contributed by atoms with Gasteiger partial charge in [-0.3, -0.25) is 4.79 Å². The summed E-state index contributed by atoms with van der Waals surface area (Å²) < 4.78 is 6.68. The van der Waals surface area contributed by atoms with Crippen molar-refractivity contribution in [3.8, 4) is 5.75 Å². The van der Waals surface area contributed by atoms with Crippen LogP contribution in [0.25, 0.3) is 0 Å². The van der Waals surface area contributed by atoms with Crippen molar-refractivity contribution in [1.29, 1.82) is 0 Å². The Balaban J connectivity index is 1.74. The maximum absolute atomic E-state index is 12.3. The molecule has 2 atom stereocenters. The Bertz CT molecular complexity index is 464. The fourth-order valence-corrected chi connectivity index (χ4v) is 2.77. The Morgan fingerprint density at radius 3 is 2.81 bits per heavy atom. The summed E-state index contributed by atoms with van der Waals surface area (Å²) in [6.07, 6.45) is 2.08. The van der Waals surface area contributed by atoms with Gasteiger partial charge < -0.3 is 15.0 Å². The van der Waals surface area contributed by atoms with Gasteiger partial charge in [-0.05, 0) is 49.6 Å². The molecule has 1 amide bonds. The van der Waals surface area contributed by atoms with Crippen molar-refractivity contribution in [2.24, 2.45) is 5.92 Å². The summed E-state index contributed by atoms with van der Waals surface area (Å²) in [7, 11) is 1.84. The minimum Gasteiger partial charge on any atom is -0.492 e. The number of carbonyl (C=O) groups excluding carboxylic acids is 1. The number of ether oxygens (including phenoxy) is 1. The summed E-state index contributed by atoms with van der Waals surface area (Å²) in [6.45, 7) is 4.24. The number of carbonyl (C=O) groups is 1. The third kappa shape index (κ3) is 5.00. The number of halogens is 1. The first-order valence-electron chi connectivity index (χ1n) is 7.43. The zero-order valence-electron chi connectivity index (χ0n) is 12.6. The molecule has 1 aliphatic rings. The van der Waals surface area contributed by atoms with Crippen LogP contribution in [0, 0.1) is 5.92 Å². The average molecular weight is 355 g/mol. The molecule has 1 aliphatic heterocycles. The lowest BCUT2D eigenvalue weighted by molar-refractivity contribution is -0.133. The van der Waals surface area contributed by atoms with E-state index in [0.717, 1.165) is 29.6 Å². The summed E-state index contributed by atoms with van der Waals surface area (Å²) >= 11 is 3.39. The minimum atomic E-state index is -0.0357. The second-order valence-corrected chi connectivity index (χ2v) is 6.61. The number of nitrogens with zero attached hydrogens (tertiary/aromatic N) is 1. The lowest BCUT2D eigenvalue weighted by atomic mass is 9.93. The van der Waals surface area contributed by atoms with E-state index < -0.39 is 0 Å². The molecule has 0 spiro atoms. The standard InChI is InChI=1S/C16H23BrN2O2/c1-12-7-8-18-15(11-12)16(20)19(2)9-10-21-14-5-3-13(17)4-6-14/h3-6,12,15,18H,7-11H2,1-2H3. The fraction of sp³-hybridized carbons (Fsp3) is 0.562. The maximum Gasteiger partial charge on any atom is 0.239 e. The van der Waals surface area contributed by atoms with Crippen LogP contribution in [0.2, 0.25) is 0 Å². The molecular formula is C16H23BrN2O2. The molecule has 21 heavy (non-hydrogen) atoms. The van der Waals surface area contributed by atoms with Crippen LogP contribution in [0.15, 0.2) is 28.7 Å². The Morgan fingerprint density at radius 1 is 1.43 bits per heavy atom. The average Bonchev–Trinajstić information content (AvgIpc) is 2.48. The van der Waals surface area contributed by atoms with E-state index >= 15 is 0 Å². The second-order valence-electron chi connectivity index (χ2n) is 5.70. The van der Waals surface area contributed by atoms with Gasteiger partial charge in [-0.1, -0.05) is 22.9 Å². The molecular weight excluding hydrogens is 332 g/mol. The van der Waals surface area contributed by atoms with E-state index in [0.29, 0.717) is 19.1 Å². The molecule has 0 aliphatic carbocycles. The molecule has 1 heterocycles. The molecule has 5 heteroatoms. The Hall–Kier alpha value is -1.07. The highest BCUT2D eigenvalue weighted by Gasteiger charge is 2.26. The second kappa shape index (κ2) is 7.80. The highest BCUT2D eigenvalue weighted by atomic mass is 79.9. The predicted molar refractivity (Wildman–Crippen MR) is 87.5 cm³/mol. The van der Waals surface area contributed by atoms with Crippen molar-refractivity contribution >= 4 is 21.8 Å². The lowest BCUT2D eigenvalue weighted by Crippen LogP contribution is -2.49. The summed E-state index contributed by atoms with van der Waals surface area (Å²) in [4.78, 5) is 14.1. The van der Waals surface area contributed by atoms with E-state index in [1.807, 2.05) is 31.3 Å². The molecule has 2 unspecified atom stereocenters. The number of rotatable bonds is 5. The number of nitrogens with one attached hydrogen (secondary N) is 1. The van der Waals surface area contributed by atoms with Crippen LogP contribution in [0.5, 0.6) is 5.75 Å². The van der Waals surface area contributed by atoms with Crippen molar-refractivity contribution in [1.82, 2.24) is 10.2 Å². The van der Waals surface area contributed by atoms with E-state index in [2.05, 4.69) is 28.2 Å². The van der Waals surface area contributed by atoms with E-state index in [1.165, 1.54) is 0 Å². The molecule has 2 rings (SSSR count). The number of likely N-dealkylation sites (N-methyl/N-ethyl adjacent to an activating group) is 1. The Labute approximate surface area is 135 Å². The van der Waals surface area contributed by atoms with Gasteiger partial charge >= 0.3 is 0 Å². The zero-order chi connectivity index (χ0) is 15.2. The number of hydrogen-bond acceptors (Lipinski definition) is 3. The van der Waals surface area contributed by atoms with Crippen molar-refractivity contribution in [3.63, 3.8) is 0 Å². The van der Waals surface area contributed by atoms with Crippen LogP contribution < -0.4 is 10.1 Å². The van der Waals surface area contributed by atoms with Crippen LogP contribution in [-0.4, -0.2) is 43.6 Å². The minimum absolute atomic E-state index is 0.0357. The van der Waals surface area contributed by atoms with Gasteiger partial charge in [0.25, 0.3) is 0 Å². The predicted octanol–water partition coefficient (Wildman–Crippen LogP) is 2.67. The monoisotopic (exact) mass is 354 g/mol. The number of amides is 1. The smallest absolute Gasteiger partial charge is 0.239 e. The van der Waals surface area contributed by atoms with Crippen LogP contribution in [0.1, 0.15) is 19.8 Å². The lowest BCUT2D eigenvalue weighted by Gasteiger charge is -2.30. The molecule has 0 radical (unpaired) electrons. The molecule has 4 nitrogen and oxygen atoms in total. The van der Waals surface area contributed by atoms with Gasteiger partial charge in [-0.2, -0.15) is 0 Å². The van der Waals surface area contributed by atoms with Crippen molar-refractivity contribution < 1.29 is 9.53 Å². The van der Waals surface area contributed by atoms with E-state index in [-0.39, 0.29) is 11.9 Å². The van der Waals surface area contributed by atoms with Crippen LogP contribution >= 0.6 is 15.9 Å². The molecule has 0 saturated carbocycles. The molecule has 1 fully saturated rings. The van der Waals surface area contributed by atoms with Crippen LogP contribution in [0.3, 0.4) is 0 Å². The van der Waals surface area contributed by atoms with E-state index in [4.69, 9.17) is 4.74 Å². The van der Waals surface area contributed by atoms with Gasteiger partial charge in [0, 0.05) is 11.5 Å². The van der Waals surface area contributed by atoms with Gasteiger partial charge in [0.05, 0.1) is 12.6 Å². The summed E-state index contributed by atoms with van der Waals surface area (Å²) in [5, 5.41) is 3.31. The summed E-state index contributed by atoms with van der Waals surface area (Å²) in [6, 6.07) is 7.67.